The zero-order chi connectivity index (χ0) is 23.5. The summed E-state index contributed by atoms with van der Waals surface area (Å²) in [5.41, 5.74) is 2.13. The van der Waals surface area contributed by atoms with Gasteiger partial charge in [0.05, 0.1) is 24.3 Å². The summed E-state index contributed by atoms with van der Waals surface area (Å²) in [6.07, 6.45) is 0. The summed E-state index contributed by atoms with van der Waals surface area (Å²) in [6, 6.07) is 20.4. The molecule has 0 radical (unpaired) electrons. The van der Waals surface area contributed by atoms with Gasteiger partial charge in [-0.05, 0) is 54.6 Å². The van der Waals surface area contributed by atoms with Crippen LogP contribution in [0, 0.1) is 0 Å². The van der Waals surface area contributed by atoms with Crippen molar-refractivity contribution in [1.82, 2.24) is 10.2 Å². The van der Waals surface area contributed by atoms with E-state index in [1.807, 2.05) is 42.5 Å². The van der Waals surface area contributed by atoms with Crippen LogP contribution >= 0.6 is 11.6 Å². The highest BCUT2D eigenvalue weighted by atomic mass is 35.5. The van der Waals surface area contributed by atoms with Gasteiger partial charge in [0.1, 0.15) is 29.6 Å². The molecule has 34 heavy (non-hydrogen) atoms. The van der Waals surface area contributed by atoms with Crippen molar-refractivity contribution >= 4 is 29.1 Å². The Kier molecular flexibility index (Phi) is 6.38. The monoisotopic (exact) mass is 477 g/mol. The largest absolute Gasteiger partial charge is 0.492 e. The molecule has 0 amide bonds. The number of amidine groups is 1. The molecule has 1 fully saturated rings. The number of carbonyl (C=O) groups is 1. The second kappa shape index (κ2) is 9.75. The zero-order valence-corrected chi connectivity index (χ0v) is 19.4. The Morgan fingerprint density at radius 3 is 2.79 bits per heavy atom. The van der Waals surface area contributed by atoms with E-state index in [0.29, 0.717) is 35.2 Å². The number of hydrogen-bond donors (Lipinski definition) is 1. The molecule has 3 aromatic rings. The third-order valence-electron chi connectivity index (χ3n) is 5.78. The minimum atomic E-state index is -0.369. The van der Waals surface area contributed by atoms with Crippen LogP contribution in [0.2, 0.25) is 5.02 Å². The summed E-state index contributed by atoms with van der Waals surface area (Å²) in [5, 5.41) is 4.15. The lowest BCUT2D eigenvalue weighted by Crippen LogP contribution is -2.54. The first kappa shape index (κ1) is 22.3. The van der Waals surface area contributed by atoms with Gasteiger partial charge in [-0.25, -0.2) is 9.79 Å². The quantitative estimate of drug-likeness (QED) is 0.551. The molecule has 174 valence electrons. The number of nitrogens with zero attached hydrogens (tertiary/aromatic N) is 2. The van der Waals surface area contributed by atoms with Crippen LogP contribution in [-0.2, 0) is 4.74 Å². The molecule has 0 bridgehead atoms. The number of carbonyl (C=O) groups excluding carboxylic acids is 1. The Hall–Kier alpha value is -3.55. The molecule has 1 saturated heterocycles. The lowest BCUT2D eigenvalue weighted by atomic mass is 10.1. The SMILES string of the molecule is COC(=O)c1ccc(OC[C@H]2CN(C3=Nc4ccccc4Oc4ccc(Cl)cc43)CCN2)cc1. The number of aliphatic imine (C=N–C) groups is 1. The summed E-state index contributed by atoms with van der Waals surface area (Å²) in [6.45, 7) is 2.74. The molecule has 1 N–H and O–H groups in total. The number of fused-ring (bicyclic) bond motifs is 2. The Morgan fingerprint density at radius 1 is 1.15 bits per heavy atom. The van der Waals surface area contributed by atoms with E-state index < -0.39 is 0 Å². The van der Waals surface area contributed by atoms with Crippen molar-refractivity contribution in [2.45, 2.75) is 6.04 Å². The van der Waals surface area contributed by atoms with E-state index in [4.69, 9.17) is 30.8 Å². The maximum atomic E-state index is 11.6. The number of halogens is 1. The highest BCUT2D eigenvalue weighted by molar-refractivity contribution is 6.31. The van der Waals surface area contributed by atoms with Crippen molar-refractivity contribution in [3.8, 4) is 17.2 Å². The lowest BCUT2D eigenvalue weighted by Gasteiger charge is -2.35. The number of hydrogen-bond acceptors (Lipinski definition) is 7. The van der Waals surface area contributed by atoms with Gasteiger partial charge in [-0.2, -0.15) is 0 Å². The summed E-state index contributed by atoms with van der Waals surface area (Å²) >= 11 is 6.34. The average molecular weight is 478 g/mol. The third kappa shape index (κ3) is 4.71. The number of methoxy groups -OCH3 is 1. The predicted octanol–water partition coefficient (Wildman–Crippen LogP) is 4.66. The molecule has 0 saturated carbocycles. The van der Waals surface area contributed by atoms with Gasteiger partial charge in [-0.3, -0.25) is 0 Å². The smallest absolute Gasteiger partial charge is 0.337 e. The molecule has 2 aliphatic rings. The molecule has 0 aromatic heterocycles. The maximum absolute atomic E-state index is 11.6. The number of esters is 1. The standard InChI is InChI=1S/C26H24ClN3O4/c1-32-26(31)17-6-9-20(10-7-17)33-16-19-15-30(13-12-28-19)25-21-14-18(27)8-11-23(21)34-24-5-3-2-4-22(24)29-25/h2-11,14,19,28H,12-13,15-16H2,1H3/t19-/m1/s1. The van der Waals surface area contributed by atoms with Crippen molar-refractivity contribution in [1.29, 1.82) is 0 Å². The second-order valence-electron chi connectivity index (χ2n) is 8.07. The van der Waals surface area contributed by atoms with Crippen molar-refractivity contribution in [2.75, 3.05) is 33.4 Å². The van der Waals surface area contributed by atoms with Gasteiger partial charge in [0, 0.05) is 24.7 Å². The first-order valence-corrected chi connectivity index (χ1v) is 11.4. The van der Waals surface area contributed by atoms with E-state index in [0.717, 1.165) is 35.9 Å². The lowest BCUT2D eigenvalue weighted by molar-refractivity contribution is 0.0600. The van der Waals surface area contributed by atoms with E-state index in [1.54, 1.807) is 24.3 Å². The van der Waals surface area contributed by atoms with Gasteiger partial charge in [0.15, 0.2) is 5.75 Å². The Balaban J connectivity index is 1.34. The highest BCUT2D eigenvalue weighted by Crippen LogP contribution is 2.39. The number of nitrogens with one attached hydrogen (secondary N) is 1. The summed E-state index contributed by atoms with van der Waals surface area (Å²) < 4.78 is 16.9. The molecule has 5 rings (SSSR count). The fourth-order valence-corrected chi connectivity index (χ4v) is 4.24. The van der Waals surface area contributed by atoms with Crippen molar-refractivity contribution in [2.24, 2.45) is 4.99 Å². The number of ether oxygens (including phenoxy) is 3. The summed E-state index contributed by atoms with van der Waals surface area (Å²) in [4.78, 5) is 18.8. The minimum Gasteiger partial charge on any atom is -0.492 e. The van der Waals surface area contributed by atoms with Crippen molar-refractivity contribution in [3.05, 3.63) is 82.9 Å². The van der Waals surface area contributed by atoms with Crippen LogP contribution in [0.3, 0.4) is 0 Å². The number of benzene rings is 3. The van der Waals surface area contributed by atoms with E-state index in [9.17, 15) is 4.79 Å². The average Bonchev–Trinajstić information content (AvgIpc) is 3.04. The number of rotatable bonds is 4. The molecule has 8 heteroatoms. The first-order valence-electron chi connectivity index (χ1n) is 11.1. The van der Waals surface area contributed by atoms with Crippen LogP contribution in [0.4, 0.5) is 5.69 Å². The van der Waals surface area contributed by atoms with Gasteiger partial charge < -0.3 is 24.4 Å². The minimum absolute atomic E-state index is 0.0822. The van der Waals surface area contributed by atoms with E-state index in [-0.39, 0.29) is 12.0 Å². The van der Waals surface area contributed by atoms with Gasteiger partial charge >= 0.3 is 5.97 Å². The first-order chi connectivity index (χ1) is 16.6. The molecule has 2 heterocycles. The van der Waals surface area contributed by atoms with Crippen LogP contribution in [0.5, 0.6) is 17.2 Å². The molecular formula is C26H24ClN3O4. The maximum Gasteiger partial charge on any atom is 0.337 e. The van der Waals surface area contributed by atoms with Crippen molar-refractivity contribution < 1.29 is 19.0 Å². The molecule has 0 unspecified atom stereocenters. The van der Waals surface area contributed by atoms with Gasteiger partial charge in [-0.1, -0.05) is 23.7 Å². The fraction of sp³-hybridized carbons (Fsp3) is 0.231. The molecule has 0 aliphatic carbocycles. The number of para-hydroxylation sites is 2. The molecule has 2 aliphatic heterocycles. The Morgan fingerprint density at radius 2 is 1.97 bits per heavy atom. The van der Waals surface area contributed by atoms with Crippen LogP contribution < -0.4 is 14.8 Å². The molecule has 3 aromatic carbocycles. The van der Waals surface area contributed by atoms with E-state index in [2.05, 4.69) is 10.2 Å². The van der Waals surface area contributed by atoms with Crippen molar-refractivity contribution in [3.63, 3.8) is 0 Å². The summed E-state index contributed by atoms with van der Waals surface area (Å²) in [5.74, 6) is 2.59. The van der Waals surface area contributed by atoms with Crippen LogP contribution in [0.1, 0.15) is 15.9 Å². The molecular weight excluding hydrogens is 454 g/mol. The molecule has 7 nitrogen and oxygen atoms in total. The molecule has 0 spiro atoms. The third-order valence-corrected chi connectivity index (χ3v) is 6.01. The summed E-state index contributed by atoms with van der Waals surface area (Å²) in [7, 11) is 1.36. The number of piperazine rings is 1. The van der Waals surface area contributed by atoms with Crippen LogP contribution in [0.25, 0.3) is 0 Å². The van der Waals surface area contributed by atoms with Gasteiger partial charge in [-0.15, -0.1) is 0 Å². The zero-order valence-electron chi connectivity index (χ0n) is 18.7. The highest BCUT2D eigenvalue weighted by Gasteiger charge is 2.27. The normalized spacial score (nSPS) is 16.9. The van der Waals surface area contributed by atoms with Crippen LogP contribution in [-0.4, -0.2) is 56.1 Å². The topological polar surface area (TPSA) is 72.4 Å². The van der Waals surface area contributed by atoms with Gasteiger partial charge in [0.25, 0.3) is 0 Å². The second-order valence-corrected chi connectivity index (χ2v) is 8.51. The van der Waals surface area contributed by atoms with E-state index in [1.165, 1.54) is 7.11 Å². The Labute approximate surface area is 202 Å². The van der Waals surface area contributed by atoms with E-state index >= 15 is 0 Å². The molecule has 1 atom stereocenters. The predicted molar refractivity (Wildman–Crippen MR) is 131 cm³/mol. The Bertz CT molecular complexity index is 1230. The fourth-order valence-electron chi connectivity index (χ4n) is 4.07. The van der Waals surface area contributed by atoms with Crippen LogP contribution in [0.15, 0.2) is 71.7 Å². The van der Waals surface area contributed by atoms with Gasteiger partial charge in [0.2, 0.25) is 0 Å².